The van der Waals surface area contributed by atoms with Crippen molar-refractivity contribution < 1.29 is 4.79 Å². The van der Waals surface area contributed by atoms with Gasteiger partial charge in [-0.2, -0.15) is 0 Å². The highest BCUT2D eigenvalue weighted by atomic mass is 32.1. The molecular formula is C16H20N4OS. The van der Waals surface area contributed by atoms with Gasteiger partial charge >= 0.3 is 0 Å². The highest BCUT2D eigenvalue weighted by Gasteiger charge is 2.20. The summed E-state index contributed by atoms with van der Waals surface area (Å²) in [6, 6.07) is 3.86. The van der Waals surface area contributed by atoms with E-state index in [1.165, 1.54) is 43.4 Å². The Labute approximate surface area is 134 Å². The molecule has 2 heterocycles. The van der Waals surface area contributed by atoms with Gasteiger partial charge in [0, 0.05) is 24.7 Å². The van der Waals surface area contributed by atoms with Gasteiger partial charge in [0.15, 0.2) is 0 Å². The van der Waals surface area contributed by atoms with Crippen LogP contribution in [0.3, 0.4) is 0 Å². The van der Waals surface area contributed by atoms with E-state index in [1.54, 1.807) is 12.4 Å². The second kappa shape index (κ2) is 7.45. The summed E-state index contributed by atoms with van der Waals surface area (Å²) in [7, 11) is 0. The van der Waals surface area contributed by atoms with E-state index in [1.807, 2.05) is 12.1 Å². The third-order valence-electron chi connectivity index (χ3n) is 4.00. The molecule has 116 valence electrons. The standard InChI is InChI=1S/C16H20N4OS/c21-14(9-8-12-5-4-10-17-11-12)18-16-20-19-15(22-16)13-6-2-1-3-7-13/h4-5,10-11,13H,1-3,6-9H2,(H,18,20,21). The first-order valence-electron chi connectivity index (χ1n) is 7.83. The maximum absolute atomic E-state index is 12.0. The third-order valence-corrected chi connectivity index (χ3v) is 5.01. The number of rotatable bonds is 5. The number of anilines is 1. The van der Waals surface area contributed by atoms with E-state index >= 15 is 0 Å². The highest BCUT2D eigenvalue weighted by Crippen LogP contribution is 2.35. The number of hydrogen-bond donors (Lipinski definition) is 1. The topological polar surface area (TPSA) is 67.8 Å². The second-order valence-corrected chi connectivity index (χ2v) is 6.70. The van der Waals surface area contributed by atoms with Crippen LogP contribution in [0.25, 0.3) is 0 Å². The van der Waals surface area contributed by atoms with E-state index < -0.39 is 0 Å². The monoisotopic (exact) mass is 316 g/mol. The first kappa shape index (κ1) is 15.1. The Morgan fingerprint density at radius 1 is 1.27 bits per heavy atom. The first-order chi connectivity index (χ1) is 10.8. The highest BCUT2D eigenvalue weighted by molar-refractivity contribution is 7.15. The molecule has 0 aromatic carbocycles. The number of nitrogens with one attached hydrogen (secondary N) is 1. The van der Waals surface area contributed by atoms with E-state index in [9.17, 15) is 4.79 Å². The van der Waals surface area contributed by atoms with Gasteiger partial charge in [-0.1, -0.05) is 36.7 Å². The van der Waals surface area contributed by atoms with Crippen molar-refractivity contribution in [2.75, 3.05) is 5.32 Å². The zero-order valence-corrected chi connectivity index (χ0v) is 13.3. The largest absolute Gasteiger partial charge is 0.301 e. The molecule has 0 spiro atoms. The van der Waals surface area contributed by atoms with E-state index in [4.69, 9.17) is 0 Å². The van der Waals surface area contributed by atoms with Crippen LogP contribution in [0.5, 0.6) is 0 Å². The van der Waals surface area contributed by atoms with Crippen molar-refractivity contribution >= 4 is 22.4 Å². The molecule has 3 rings (SSSR count). The van der Waals surface area contributed by atoms with E-state index in [-0.39, 0.29) is 5.91 Å². The second-order valence-electron chi connectivity index (χ2n) is 5.69. The summed E-state index contributed by atoms with van der Waals surface area (Å²) in [5, 5.41) is 12.9. The van der Waals surface area contributed by atoms with Crippen LogP contribution in [0.15, 0.2) is 24.5 Å². The van der Waals surface area contributed by atoms with Crippen LogP contribution >= 0.6 is 11.3 Å². The van der Waals surface area contributed by atoms with Gasteiger partial charge in [-0.05, 0) is 30.9 Å². The van der Waals surface area contributed by atoms with Gasteiger partial charge < -0.3 is 5.32 Å². The smallest absolute Gasteiger partial charge is 0.226 e. The van der Waals surface area contributed by atoms with Crippen molar-refractivity contribution in [1.29, 1.82) is 0 Å². The Morgan fingerprint density at radius 2 is 2.14 bits per heavy atom. The number of carbonyl (C=O) groups is 1. The minimum atomic E-state index is -0.0183. The van der Waals surface area contributed by atoms with Crippen LogP contribution in [0.1, 0.15) is 55.0 Å². The fourth-order valence-corrected chi connectivity index (χ4v) is 3.71. The predicted molar refractivity (Wildman–Crippen MR) is 86.9 cm³/mol. The normalized spacial score (nSPS) is 15.6. The summed E-state index contributed by atoms with van der Waals surface area (Å²) in [4.78, 5) is 16.0. The van der Waals surface area contributed by atoms with Crippen molar-refractivity contribution in [3.63, 3.8) is 0 Å². The molecule has 1 amide bonds. The molecule has 1 fully saturated rings. The van der Waals surface area contributed by atoms with Crippen molar-refractivity contribution in [1.82, 2.24) is 15.2 Å². The average Bonchev–Trinajstić information content (AvgIpc) is 3.03. The summed E-state index contributed by atoms with van der Waals surface area (Å²) < 4.78 is 0. The molecule has 22 heavy (non-hydrogen) atoms. The number of pyridine rings is 1. The Bertz CT molecular complexity index is 608. The molecule has 1 aliphatic rings. The van der Waals surface area contributed by atoms with Crippen molar-refractivity contribution in [2.24, 2.45) is 0 Å². The van der Waals surface area contributed by atoms with Gasteiger partial charge in [-0.25, -0.2) is 0 Å². The van der Waals surface area contributed by atoms with Crippen LogP contribution in [0, 0.1) is 0 Å². The molecule has 0 unspecified atom stereocenters. The average molecular weight is 316 g/mol. The summed E-state index contributed by atoms with van der Waals surface area (Å²) in [6.45, 7) is 0. The van der Waals surface area contributed by atoms with Crippen LogP contribution in [0.2, 0.25) is 0 Å². The van der Waals surface area contributed by atoms with Gasteiger partial charge in [0.05, 0.1) is 0 Å². The molecule has 1 aliphatic carbocycles. The summed E-state index contributed by atoms with van der Waals surface area (Å²) in [6.07, 6.45) is 10.9. The zero-order valence-electron chi connectivity index (χ0n) is 12.5. The van der Waals surface area contributed by atoms with Crippen molar-refractivity contribution in [3.8, 4) is 0 Å². The Hall–Kier alpha value is -1.82. The molecule has 2 aromatic rings. The van der Waals surface area contributed by atoms with Crippen LogP contribution in [0.4, 0.5) is 5.13 Å². The lowest BCUT2D eigenvalue weighted by Gasteiger charge is -2.18. The van der Waals surface area contributed by atoms with Gasteiger partial charge in [-0.3, -0.25) is 9.78 Å². The van der Waals surface area contributed by atoms with Gasteiger partial charge in [0.25, 0.3) is 0 Å². The number of aromatic nitrogens is 3. The lowest BCUT2D eigenvalue weighted by Crippen LogP contribution is -2.12. The van der Waals surface area contributed by atoms with Crippen molar-refractivity contribution in [3.05, 3.63) is 35.1 Å². The quantitative estimate of drug-likeness (QED) is 0.916. The van der Waals surface area contributed by atoms with E-state index in [0.717, 1.165) is 10.6 Å². The van der Waals surface area contributed by atoms with Crippen LogP contribution < -0.4 is 5.32 Å². The molecule has 1 N–H and O–H groups in total. The molecule has 6 heteroatoms. The first-order valence-corrected chi connectivity index (χ1v) is 8.65. The SMILES string of the molecule is O=C(CCc1cccnc1)Nc1nnc(C2CCCCC2)s1. The predicted octanol–water partition coefficient (Wildman–Crippen LogP) is 3.55. The maximum atomic E-state index is 12.0. The fraction of sp³-hybridized carbons (Fsp3) is 0.500. The molecule has 1 saturated carbocycles. The minimum Gasteiger partial charge on any atom is -0.301 e. The summed E-state index contributed by atoms with van der Waals surface area (Å²) in [5.41, 5.74) is 1.07. The van der Waals surface area contributed by atoms with Gasteiger partial charge in [-0.15, -0.1) is 10.2 Å². The molecular weight excluding hydrogens is 296 g/mol. The lowest BCUT2D eigenvalue weighted by atomic mass is 9.90. The van der Waals surface area contributed by atoms with E-state index in [0.29, 0.717) is 23.9 Å². The molecule has 0 saturated heterocycles. The molecule has 0 aliphatic heterocycles. The molecule has 0 bridgehead atoms. The number of aryl methyl sites for hydroxylation is 1. The van der Waals surface area contributed by atoms with Crippen molar-refractivity contribution in [2.45, 2.75) is 50.9 Å². The minimum absolute atomic E-state index is 0.0183. The molecule has 5 nitrogen and oxygen atoms in total. The lowest BCUT2D eigenvalue weighted by molar-refractivity contribution is -0.116. The Morgan fingerprint density at radius 3 is 2.91 bits per heavy atom. The maximum Gasteiger partial charge on any atom is 0.226 e. The van der Waals surface area contributed by atoms with Gasteiger partial charge in [0.2, 0.25) is 11.0 Å². The Balaban J connectivity index is 1.50. The molecule has 2 aromatic heterocycles. The van der Waals surface area contributed by atoms with E-state index in [2.05, 4.69) is 20.5 Å². The zero-order chi connectivity index (χ0) is 15.2. The van der Waals surface area contributed by atoms with Crippen LogP contribution in [-0.4, -0.2) is 21.1 Å². The fourth-order valence-electron chi connectivity index (χ4n) is 2.79. The van der Waals surface area contributed by atoms with Gasteiger partial charge in [0.1, 0.15) is 5.01 Å². The Kier molecular flexibility index (Phi) is 5.11. The van der Waals surface area contributed by atoms with Crippen LogP contribution in [-0.2, 0) is 11.2 Å². The molecule has 0 atom stereocenters. The number of nitrogens with zero attached hydrogens (tertiary/aromatic N) is 3. The summed E-state index contributed by atoms with van der Waals surface area (Å²) >= 11 is 1.52. The summed E-state index contributed by atoms with van der Waals surface area (Å²) in [5.74, 6) is 0.516. The third kappa shape index (κ3) is 4.10. The number of amides is 1. The molecule has 0 radical (unpaired) electrons. The number of carbonyl (C=O) groups excluding carboxylic acids is 1. The number of hydrogen-bond acceptors (Lipinski definition) is 5.